The molecular weight excluding hydrogens is 1340 g/mol. The Hall–Kier alpha value is 3.74. The van der Waals surface area contributed by atoms with Gasteiger partial charge in [-0.15, -0.1) is 0 Å². The number of hydrogen-bond donors (Lipinski definition) is 4. The normalized spacial score (nSPS) is 20.8. The average molecular weight is 1450 g/mol. The molecule has 4 N–H and O–H groups in total. The molecular formula is C60H108O6Si6Y4-2. The maximum atomic E-state index is 8.56. The van der Waals surface area contributed by atoms with Gasteiger partial charge in [-0.2, -0.15) is 0 Å². The van der Waals surface area contributed by atoms with Gasteiger partial charge in [0.15, 0.2) is 0 Å². The molecule has 0 spiro atoms. The second-order valence-corrected chi connectivity index (χ2v) is 55.8. The zero-order valence-corrected chi connectivity index (χ0v) is 72.4. The summed E-state index contributed by atoms with van der Waals surface area (Å²) < 4.78 is 0. The van der Waals surface area contributed by atoms with Gasteiger partial charge in [0.2, 0.25) is 0 Å². The van der Waals surface area contributed by atoms with Crippen molar-refractivity contribution < 1.29 is 161 Å². The first-order chi connectivity index (χ1) is 31.7. The summed E-state index contributed by atoms with van der Waals surface area (Å²) in [4.78, 5) is 17.1. The number of allylic oxidation sites excluding steroid dienone is 2. The van der Waals surface area contributed by atoms with Crippen LogP contribution in [0.1, 0.15) is 111 Å². The van der Waals surface area contributed by atoms with Crippen LogP contribution in [0.15, 0.2) is 12.2 Å². The third-order valence-electron chi connectivity index (χ3n) is 13.9. The number of carboxylic acid groups (broad SMARTS) is 4. The monoisotopic (exact) mass is 1450 g/mol. The zero-order chi connectivity index (χ0) is 58.5. The summed E-state index contributed by atoms with van der Waals surface area (Å²) in [6.45, 7) is 79.1. The molecule has 4 aliphatic rings. The summed E-state index contributed by atoms with van der Waals surface area (Å²) >= 11 is 0. The smallest absolute Gasteiger partial charge is 0.450 e. The van der Waals surface area contributed by atoms with Crippen LogP contribution in [0.3, 0.4) is 0 Å². The summed E-state index contributed by atoms with van der Waals surface area (Å²) in [6.07, 6.45) is 0.426. The van der Waals surface area contributed by atoms with Crippen LogP contribution in [0.4, 0.5) is 9.59 Å². The molecule has 0 aromatic carbocycles. The van der Waals surface area contributed by atoms with Crippen molar-refractivity contribution in [1.82, 2.24) is 0 Å². The molecule has 4 rings (SSSR count). The van der Waals surface area contributed by atoms with Gasteiger partial charge in [0.1, 0.15) is 0 Å². The van der Waals surface area contributed by atoms with Crippen LogP contribution in [0.25, 0.3) is 0 Å². The SMILES string of the molecule is C[C]1[C](C)[C](C)[C]([Si](C)(C)C)[C]1C.C[C]1[C](C)[C](C)[C]([Si](C)(C)C)[C]1C.C[C]1[C](C)[C](C)[C]([Si](C)(C)C)[C]1C.C[C]1[C](C)[C](C)[C]([Si](C)(C)C)[C]1C.C[Si](C)(C)[C-]=CC=[C-][Si](C)(C)C.O=C(O)O.O=C(O)O.[Y].[Y].[Y].[Y]. The van der Waals surface area contributed by atoms with Crippen LogP contribution in [-0.2, 0) is 131 Å². The number of carbonyl (C=O) groups is 2. The summed E-state index contributed by atoms with van der Waals surface area (Å²) in [5.74, 6) is 24.5. The maximum absolute atomic E-state index is 8.56. The van der Waals surface area contributed by atoms with E-state index in [1.165, 1.54) is 47.3 Å². The first kappa shape index (κ1) is 93.4. The first-order valence-electron chi connectivity index (χ1n) is 25.7. The van der Waals surface area contributed by atoms with Crippen LogP contribution >= 0.6 is 0 Å². The van der Waals surface area contributed by atoms with E-state index >= 15 is 0 Å². The van der Waals surface area contributed by atoms with E-state index in [4.69, 9.17) is 30.0 Å². The molecule has 4 fully saturated rings. The van der Waals surface area contributed by atoms with Crippen LogP contribution < -0.4 is 0 Å². The van der Waals surface area contributed by atoms with E-state index in [9.17, 15) is 0 Å². The molecule has 0 aliphatic heterocycles. The van der Waals surface area contributed by atoms with Crippen molar-refractivity contribution in [3.05, 3.63) is 140 Å². The maximum Gasteiger partial charge on any atom is 0.503 e. The van der Waals surface area contributed by atoms with Gasteiger partial charge in [0.25, 0.3) is 0 Å². The molecule has 6 nitrogen and oxygen atoms in total. The molecule has 0 saturated heterocycles. The predicted octanol–water partition coefficient (Wildman–Crippen LogP) is 19.2. The molecule has 24 radical (unpaired) electrons. The molecule has 0 bridgehead atoms. The molecule has 0 aromatic heterocycles. The van der Waals surface area contributed by atoms with Crippen LogP contribution in [0.5, 0.6) is 0 Å². The van der Waals surface area contributed by atoms with Crippen LogP contribution in [0.2, 0.25) is 118 Å². The second-order valence-electron chi connectivity index (χ2n) is 26.2. The van der Waals surface area contributed by atoms with E-state index in [2.05, 4.69) is 240 Å². The molecule has 76 heavy (non-hydrogen) atoms. The van der Waals surface area contributed by atoms with Gasteiger partial charge in [-0.05, 0) is 133 Å². The Morgan fingerprint density at radius 3 is 0.408 bits per heavy atom. The topological polar surface area (TPSA) is 115 Å². The molecule has 4 saturated carbocycles. The quantitative estimate of drug-likeness (QED) is 0.115. The van der Waals surface area contributed by atoms with Crippen molar-refractivity contribution in [1.29, 1.82) is 0 Å². The third-order valence-corrected chi connectivity index (χ3v) is 24.9. The first-order valence-corrected chi connectivity index (χ1v) is 46.7. The fourth-order valence-corrected chi connectivity index (χ4v) is 21.6. The number of rotatable bonds is 7. The minimum absolute atomic E-state index is 0. The molecule has 0 atom stereocenters. The van der Waals surface area contributed by atoms with Crippen LogP contribution in [-0.4, -0.2) is 81.2 Å². The predicted molar refractivity (Wildman–Crippen MR) is 333 cm³/mol. The Bertz CT molecular complexity index is 1370. The molecule has 16 heteroatoms. The fourth-order valence-electron chi connectivity index (χ4n) is 9.96. The van der Waals surface area contributed by atoms with Gasteiger partial charge < -0.3 is 44.0 Å². The minimum Gasteiger partial charge on any atom is -0.450 e. The van der Waals surface area contributed by atoms with Crippen molar-refractivity contribution >= 4 is 60.8 Å². The van der Waals surface area contributed by atoms with E-state index in [0.717, 1.165) is 0 Å². The zero-order valence-electron chi connectivity index (χ0n) is 55.1. The summed E-state index contributed by atoms with van der Waals surface area (Å²) in [7, 11) is -6.76. The van der Waals surface area contributed by atoms with Gasteiger partial charge in [-0.3, -0.25) is 0 Å². The van der Waals surface area contributed by atoms with Crippen molar-refractivity contribution in [3.63, 3.8) is 0 Å². The Morgan fingerprint density at radius 1 is 0.263 bits per heavy atom. The van der Waals surface area contributed by atoms with Gasteiger partial charge in [0, 0.05) is 131 Å². The largest absolute Gasteiger partial charge is 0.503 e. The fraction of sp³-hybridized carbons (Fsp3) is 0.567. The Kier molecular flexibility index (Phi) is 48.6. The molecule has 0 unspecified atom stereocenters. The van der Waals surface area contributed by atoms with Gasteiger partial charge in [-0.25, -0.2) is 9.59 Å². The molecule has 4 aliphatic carbocycles. The van der Waals surface area contributed by atoms with Crippen LogP contribution in [0, 0.1) is 128 Å². The Balaban J connectivity index is -0.000000149. The summed E-state index contributed by atoms with van der Waals surface area (Å²) in [5.41, 5.74) is 13.6. The molecule has 0 aromatic rings. The van der Waals surface area contributed by atoms with E-state index < -0.39 is 60.8 Å². The molecule has 0 amide bonds. The number of hydrogen-bond acceptors (Lipinski definition) is 2. The van der Waals surface area contributed by atoms with E-state index in [1.54, 1.807) is 69.5 Å². The van der Waals surface area contributed by atoms with Gasteiger partial charge in [-0.1, -0.05) is 229 Å². The molecule has 0 heterocycles. The van der Waals surface area contributed by atoms with Crippen molar-refractivity contribution in [2.24, 2.45) is 0 Å². The van der Waals surface area contributed by atoms with Gasteiger partial charge >= 0.3 is 12.3 Å². The molecule has 422 valence electrons. The van der Waals surface area contributed by atoms with E-state index in [0.29, 0.717) is 0 Å². The van der Waals surface area contributed by atoms with Gasteiger partial charge in [0.05, 0.1) is 32.3 Å². The van der Waals surface area contributed by atoms with E-state index in [1.807, 2.05) is 12.2 Å². The van der Waals surface area contributed by atoms with E-state index in [-0.39, 0.29) is 131 Å². The van der Waals surface area contributed by atoms with Crippen molar-refractivity contribution in [3.8, 4) is 0 Å². The van der Waals surface area contributed by atoms with Crippen molar-refractivity contribution in [2.45, 2.75) is 229 Å². The standard InChI is InChI=1S/4C12H21Si.C10H20Si2.2CH2O3.4Y/c4*1-8-9(2)11(4)12(10(8)3)13(5,6)7;1-11(2,3)9-7-8-10-12(4,5)6;2*2-1(3)4;;;;/h4*1-7H3;7-8H,1-6H3;2*(H2,2,3,4);;;;/q;;;;-2;;;;;;. The summed E-state index contributed by atoms with van der Waals surface area (Å²) in [5, 5.41) is 27.9. The third kappa shape index (κ3) is 33.6. The Morgan fingerprint density at radius 2 is 0.355 bits per heavy atom. The summed E-state index contributed by atoms with van der Waals surface area (Å²) in [6, 6.07) is 0. The van der Waals surface area contributed by atoms with Crippen molar-refractivity contribution in [2.75, 3.05) is 0 Å². The minimum atomic E-state index is -1.83. The second kappa shape index (κ2) is 39.5. The Labute approximate surface area is 582 Å². The average Bonchev–Trinajstić information content (AvgIpc) is 3.67.